The highest BCUT2D eigenvalue weighted by Gasteiger charge is 2.02. The molecule has 2 aromatic rings. The lowest BCUT2D eigenvalue weighted by molar-refractivity contribution is 1.14. The molecule has 0 bridgehead atoms. The van der Waals surface area contributed by atoms with E-state index < -0.39 is 0 Å². The van der Waals surface area contributed by atoms with E-state index in [4.69, 9.17) is 11.6 Å². The minimum atomic E-state index is 0.757. The molecular formula is C14H12BrClIN. The van der Waals surface area contributed by atoms with E-state index in [1.807, 2.05) is 18.2 Å². The Labute approximate surface area is 134 Å². The number of aryl methyl sites for hydroxylation is 1. The van der Waals surface area contributed by atoms with Crippen molar-refractivity contribution in [3.63, 3.8) is 0 Å². The first kappa shape index (κ1) is 14.2. The van der Waals surface area contributed by atoms with Crippen LogP contribution < -0.4 is 5.32 Å². The van der Waals surface area contributed by atoms with E-state index in [1.165, 1.54) is 11.1 Å². The number of rotatable bonds is 3. The number of hydrogen-bond donors (Lipinski definition) is 1. The monoisotopic (exact) mass is 435 g/mol. The minimum absolute atomic E-state index is 0.757. The SMILES string of the molecule is Cc1ccc(CNc2ccc(I)cc2Cl)cc1Br. The maximum absolute atomic E-state index is 6.18. The smallest absolute Gasteiger partial charge is 0.0648 e. The third-order valence-electron chi connectivity index (χ3n) is 2.65. The van der Waals surface area contributed by atoms with E-state index in [0.717, 1.165) is 25.3 Å². The molecule has 0 atom stereocenters. The first-order valence-electron chi connectivity index (χ1n) is 5.50. The van der Waals surface area contributed by atoms with Crippen LogP contribution >= 0.6 is 50.1 Å². The second-order valence-corrected chi connectivity index (χ2v) is 6.57. The lowest BCUT2D eigenvalue weighted by atomic mass is 10.1. The van der Waals surface area contributed by atoms with Crippen LogP contribution in [0.2, 0.25) is 5.02 Å². The Morgan fingerprint density at radius 1 is 1.22 bits per heavy atom. The molecule has 0 heterocycles. The summed E-state index contributed by atoms with van der Waals surface area (Å²) in [5.74, 6) is 0. The van der Waals surface area contributed by atoms with Gasteiger partial charge >= 0.3 is 0 Å². The molecule has 2 rings (SSSR count). The van der Waals surface area contributed by atoms with Crippen LogP contribution in [0.5, 0.6) is 0 Å². The molecule has 4 heteroatoms. The Bertz CT molecular complexity index is 572. The number of halogens is 3. The topological polar surface area (TPSA) is 12.0 Å². The standard InChI is InChI=1S/C14H12BrClIN/c1-9-2-3-10(6-12(9)15)8-18-14-5-4-11(17)7-13(14)16/h2-7,18H,8H2,1H3. The Morgan fingerprint density at radius 2 is 2.00 bits per heavy atom. The summed E-state index contributed by atoms with van der Waals surface area (Å²) >= 11 is 12.0. The predicted octanol–water partition coefficient (Wildman–Crippen LogP) is 5.63. The number of anilines is 1. The lowest BCUT2D eigenvalue weighted by Gasteiger charge is -2.09. The van der Waals surface area contributed by atoms with Crippen LogP contribution in [0.4, 0.5) is 5.69 Å². The molecule has 0 aliphatic carbocycles. The van der Waals surface area contributed by atoms with Crippen molar-refractivity contribution in [3.8, 4) is 0 Å². The van der Waals surface area contributed by atoms with Gasteiger partial charge in [-0.15, -0.1) is 0 Å². The molecule has 1 nitrogen and oxygen atoms in total. The largest absolute Gasteiger partial charge is 0.380 e. The first-order chi connectivity index (χ1) is 8.56. The van der Waals surface area contributed by atoms with Crippen molar-refractivity contribution in [1.29, 1.82) is 0 Å². The van der Waals surface area contributed by atoms with Gasteiger partial charge in [-0.2, -0.15) is 0 Å². The molecule has 0 saturated heterocycles. The molecule has 0 aromatic heterocycles. The van der Waals surface area contributed by atoms with Crippen LogP contribution in [0.1, 0.15) is 11.1 Å². The molecule has 1 N–H and O–H groups in total. The van der Waals surface area contributed by atoms with Gasteiger partial charge in [-0.25, -0.2) is 0 Å². The van der Waals surface area contributed by atoms with Gasteiger partial charge in [-0.05, 0) is 64.9 Å². The third-order valence-corrected chi connectivity index (χ3v) is 4.49. The molecule has 0 unspecified atom stereocenters. The van der Waals surface area contributed by atoms with Gasteiger partial charge in [0.15, 0.2) is 0 Å². The fraction of sp³-hybridized carbons (Fsp3) is 0.143. The molecule has 0 amide bonds. The van der Waals surface area contributed by atoms with E-state index >= 15 is 0 Å². The predicted molar refractivity (Wildman–Crippen MR) is 90.4 cm³/mol. The Hall–Kier alpha value is -0.260. The quantitative estimate of drug-likeness (QED) is 0.615. The van der Waals surface area contributed by atoms with Gasteiger partial charge in [0, 0.05) is 14.6 Å². The normalized spacial score (nSPS) is 10.4. The van der Waals surface area contributed by atoms with Gasteiger partial charge in [-0.3, -0.25) is 0 Å². The zero-order valence-corrected chi connectivity index (χ0v) is 14.3. The lowest BCUT2D eigenvalue weighted by Crippen LogP contribution is -2.00. The second-order valence-electron chi connectivity index (χ2n) is 4.06. The summed E-state index contributed by atoms with van der Waals surface area (Å²) in [5, 5.41) is 4.10. The zero-order valence-electron chi connectivity index (χ0n) is 9.81. The van der Waals surface area contributed by atoms with Crippen LogP contribution in [-0.2, 0) is 6.54 Å². The Kier molecular flexibility index (Phi) is 4.92. The van der Waals surface area contributed by atoms with Gasteiger partial charge < -0.3 is 5.32 Å². The summed E-state index contributed by atoms with van der Waals surface area (Å²) in [6, 6.07) is 12.4. The molecule has 2 aromatic carbocycles. The Morgan fingerprint density at radius 3 is 2.67 bits per heavy atom. The highest BCUT2D eigenvalue weighted by atomic mass is 127. The molecule has 0 fully saturated rings. The fourth-order valence-corrected chi connectivity index (χ4v) is 2.93. The van der Waals surface area contributed by atoms with Gasteiger partial charge in [0.25, 0.3) is 0 Å². The van der Waals surface area contributed by atoms with Crippen molar-refractivity contribution in [1.82, 2.24) is 0 Å². The first-order valence-corrected chi connectivity index (χ1v) is 7.75. The van der Waals surface area contributed by atoms with Crippen LogP contribution in [0.25, 0.3) is 0 Å². The van der Waals surface area contributed by atoms with Gasteiger partial charge in [0.05, 0.1) is 10.7 Å². The molecule has 0 saturated carbocycles. The minimum Gasteiger partial charge on any atom is -0.380 e. The average Bonchev–Trinajstić information content (AvgIpc) is 2.32. The maximum Gasteiger partial charge on any atom is 0.0648 e. The maximum atomic E-state index is 6.18. The van der Waals surface area contributed by atoms with Crippen LogP contribution in [-0.4, -0.2) is 0 Å². The molecule has 18 heavy (non-hydrogen) atoms. The average molecular weight is 437 g/mol. The van der Waals surface area contributed by atoms with Crippen LogP contribution in [0.15, 0.2) is 40.9 Å². The number of benzene rings is 2. The van der Waals surface area contributed by atoms with Crippen molar-refractivity contribution < 1.29 is 0 Å². The van der Waals surface area contributed by atoms with Gasteiger partial charge in [0.2, 0.25) is 0 Å². The van der Waals surface area contributed by atoms with E-state index in [0.29, 0.717) is 0 Å². The van der Waals surface area contributed by atoms with Crippen molar-refractivity contribution in [3.05, 3.63) is 60.6 Å². The summed E-state index contributed by atoms with van der Waals surface area (Å²) in [4.78, 5) is 0. The van der Waals surface area contributed by atoms with Crippen molar-refractivity contribution >= 4 is 55.8 Å². The molecule has 0 aliphatic heterocycles. The Balaban J connectivity index is 2.09. The molecular weight excluding hydrogens is 424 g/mol. The summed E-state index contributed by atoms with van der Waals surface area (Å²) < 4.78 is 2.27. The van der Waals surface area contributed by atoms with Gasteiger partial charge in [-0.1, -0.05) is 39.7 Å². The zero-order chi connectivity index (χ0) is 13.1. The van der Waals surface area contributed by atoms with Crippen molar-refractivity contribution in [2.75, 3.05) is 5.32 Å². The number of hydrogen-bond acceptors (Lipinski definition) is 1. The third kappa shape index (κ3) is 3.62. The number of nitrogens with one attached hydrogen (secondary N) is 1. The second kappa shape index (κ2) is 6.26. The van der Waals surface area contributed by atoms with E-state index in [1.54, 1.807) is 0 Å². The van der Waals surface area contributed by atoms with E-state index in [2.05, 4.69) is 69.0 Å². The molecule has 0 spiro atoms. The van der Waals surface area contributed by atoms with Gasteiger partial charge in [0.1, 0.15) is 0 Å². The summed E-state index contributed by atoms with van der Waals surface area (Å²) in [7, 11) is 0. The van der Waals surface area contributed by atoms with Crippen molar-refractivity contribution in [2.45, 2.75) is 13.5 Å². The highest BCUT2D eigenvalue weighted by molar-refractivity contribution is 14.1. The molecule has 0 aliphatic rings. The van der Waals surface area contributed by atoms with E-state index in [9.17, 15) is 0 Å². The summed E-state index contributed by atoms with van der Waals surface area (Å²) in [6.07, 6.45) is 0. The molecule has 94 valence electrons. The molecule has 0 radical (unpaired) electrons. The van der Waals surface area contributed by atoms with Crippen molar-refractivity contribution in [2.24, 2.45) is 0 Å². The highest BCUT2D eigenvalue weighted by Crippen LogP contribution is 2.25. The summed E-state index contributed by atoms with van der Waals surface area (Å²) in [5.41, 5.74) is 3.43. The van der Waals surface area contributed by atoms with Crippen LogP contribution in [0.3, 0.4) is 0 Å². The van der Waals surface area contributed by atoms with Crippen LogP contribution in [0, 0.1) is 10.5 Å². The van der Waals surface area contributed by atoms with E-state index in [-0.39, 0.29) is 0 Å². The summed E-state index contributed by atoms with van der Waals surface area (Å²) in [6.45, 7) is 2.84. The fourth-order valence-electron chi connectivity index (χ4n) is 1.58.